The summed E-state index contributed by atoms with van der Waals surface area (Å²) in [6, 6.07) is 6.29. The molecule has 20 heavy (non-hydrogen) atoms. The number of sulfone groups is 1. The molecular formula is C13H15N3O2S2. The summed E-state index contributed by atoms with van der Waals surface area (Å²) in [6.45, 7) is 2.24. The van der Waals surface area contributed by atoms with Crippen LogP contribution in [0, 0.1) is 6.92 Å². The van der Waals surface area contributed by atoms with Crippen molar-refractivity contribution in [3.8, 4) is 0 Å². The molecule has 1 heterocycles. The lowest BCUT2D eigenvalue weighted by Gasteiger charge is -2.06. The zero-order valence-electron chi connectivity index (χ0n) is 11.0. The van der Waals surface area contributed by atoms with Gasteiger partial charge in [-0.25, -0.2) is 8.42 Å². The van der Waals surface area contributed by atoms with Gasteiger partial charge in [-0.1, -0.05) is 24.4 Å². The molecule has 0 unspecified atom stereocenters. The van der Waals surface area contributed by atoms with Crippen LogP contribution in [0.15, 0.2) is 41.6 Å². The summed E-state index contributed by atoms with van der Waals surface area (Å²) in [4.78, 5) is 0.516. The van der Waals surface area contributed by atoms with E-state index in [0.717, 1.165) is 5.56 Å². The molecule has 2 aromatic rings. The quantitative estimate of drug-likeness (QED) is 0.842. The first-order valence-electron chi connectivity index (χ1n) is 6.00. The van der Waals surface area contributed by atoms with Gasteiger partial charge < -0.3 is 5.73 Å². The third-order valence-corrected chi connectivity index (χ3v) is 4.80. The van der Waals surface area contributed by atoms with Gasteiger partial charge in [-0.05, 0) is 24.6 Å². The maximum absolute atomic E-state index is 12.2. The maximum Gasteiger partial charge on any atom is 0.180 e. The Balaban J connectivity index is 2.11. The minimum absolute atomic E-state index is 0.000534. The average molecular weight is 309 g/mol. The molecule has 0 fully saturated rings. The summed E-state index contributed by atoms with van der Waals surface area (Å²) in [6.07, 6.45) is 3.51. The molecule has 0 bridgehead atoms. The van der Waals surface area contributed by atoms with Crippen molar-refractivity contribution in [1.29, 1.82) is 0 Å². The number of hydrogen-bond donors (Lipinski definition) is 1. The Labute approximate surface area is 123 Å². The second-order valence-corrected chi connectivity index (χ2v) is 7.04. The monoisotopic (exact) mass is 309 g/mol. The van der Waals surface area contributed by atoms with E-state index in [2.05, 4.69) is 5.10 Å². The normalized spacial score (nSPS) is 11.4. The molecule has 0 atom stereocenters. The van der Waals surface area contributed by atoms with Gasteiger partial charge in [0.2, 0.25) is 0 Å². The Morgan fingerprint density at radius 3 is 2.50 bits per heavy atom. The van der Waals surface area contributed by atoms with Gasteiger partial charge in [0.1, 0.15) is 4.99 Å². The largest absolute Gasteiger partial charge is 0.389 e. The van der Waals surface area contributed by atoms with E-state index in [1.165, 1.54) is 12.1 Å². The van der Waals surface area contributed by atoms with Crippen molar-refractivity contribution in [1.82, 2.24) is 9.78 Å². The number of nitrogens with zero attached hydrogens (tertiary/aromatic N) is 2. The Hall–Kier alpha value is -1.73. The maximum atomic E-state index is 12.2. The summed E-state index contributed by atoms with van der Waals surface area (Å²) in [7, 11) is -3.34. The van der Waals surface area contributed by atoms with Crippen molar-refractivity contribution in [2.75, 3.05) is 5.75 Å². The van der Waals surface area contributed by atoms with E-state index in [-0.39, 0.29) is 15.6 Å². The lowest BCUT2D eigenvalue weighted by atomic mass is 10.2. The van der Waals surface area contributed by atoms with Gasteiger partial charge in [0.15, 0.2) is 9.84 Å². The van der Waals surface area contributed by atoms with E-state index >= 15 is 0 Å². The second kappa shape index (κ2) is 5.72. The first-order chi connectivity index (χ1) is 9.38. The van der Waals surface area contributed by atoms with Crippen LogP contribution in [0.4, 0.5) is 0 Å². The lowest BCUT2D eigenvalue weighted by molar-refractivity contribution is 0.580. The predicted molar refractivity (Wildman–Crippen MR) is 81.3 cm³/mol. The number of aryl methyl sites for hydroxylation is 2. The van der Waals surface area contributed by atoms with Gasteiger partial charge in [0, 0.05) is 11.8 Å². The number of benzene rings is 1. The number of thiocarbonyl (C=S) groups is 1. The van der Waals surface area contributed by atoms with Gasteiger partial charge in [-0.3, -0.25) is 4.68 Å². The van der Waals surface area contributed by atoms with Crippen LogP contribution in [-0.2, 0) is 16.4 Å². The zero-order valence-corrected chi connectivity index (χ0v) is 12.6. The molecule has 0 spiro atoms. The SMILES string of the molecule is Cc1cnn(CCS(=O)(=O)c2ccc(C(N)=S)cc2)c1. The molecule has 1 aromatic heterocycles. The van der Waals surface area contributed by atoms with Crippen molar-refractivity contribution in [3.05, 3.63) is 47.8 Å². The molecule has 106 valence electrons. The van der Waals surface area contributed by atoms with Crippen molar-refractivity contribution < 1.29 is 8.42 Å². The first-order valence-corrected chi connectivity index (χ1v) is 8.06. The molecule has 7 heteroatoms. The molecule has 0 aliphatic carbocycles. The van der Waals surface area contributed by atoms with Gasteiger partial charge in [0.05, 0.1) is 23.4 Å². The molecule has 5 nitrogen and oxygen atoms in total. The number of aromatic nitrogens is 2. The van der Waals surface area contributed by atoms with E-state index in [1.54, 1.807) is 23.0 Å². The van der Waals surface area contributed by atoms with Gasteiger partial charge in [0.25, 0.3) is 0 Å². The summed E-state index contributed by atoms with van der Waals surface area (Å²) >= 11 is 4.83. The fourth-order valence-electron chi connectivity index (χ4n) is 1.75. The van der Waals surface area contributed by atoms with Crippen LogP contribution in [0.1, 0.15) is 11.1 Å². The van der Waals surface area contributed by atoms with Crippen LogP contribution in [0.25, 0.3) is 0 Å². The molecular weight excluding hydrogens is 294 g/mol. The molecule has 0 amide bonds. The highest BCUT2D eigenvalue weighted by Gasteiger charge is 2.14. The van der Waals surface area contributed by atoms with Crippen LogP contribution in [-0.4, -0.2) is 28.9 Å². The van der Waals surface area contributed by atoms with Gasteiger partial charge >= 0.3 is 0 Å². The van der Waals surface area contributed by atoms with Crippen molar-refractivity contribution in [3.63, 3.8) is 0 Å². The highest BCUT2D eigenvalue weighted by Crippen LogP contribution is 2.13. The average Bonchev–Trinajstić information content (AvgIpc) is 2.82. The standard InChI is InChI=1S/C13H15N3O2S2/c1-10-8-15-16(9-10)6-7-20(17,18)12-4-2-11(3-5-12)13(14)19/h2-5,8-9H,6-7H2,1H3,(H2,14,19). The fraction of sp³-hybridized carbons (Fsp3) is 0.231. The molecule has 2 rings (SSSR count). The molecule has 2 N–H and O–H groups in total. The Morgan fingerprint density at radius 1 is 1.35 bits per heavy atom. The molecule has 1 aromatic carbocycles. The van der Waals surface area contributed by atoms with Crippen molar-refractivity contribution in [2.45, 2.75) is 18.4 Å². The predicted octanol–water partition coefficient (Wildman–Crippen LogP) is 1.30. The Bertz CT molecular complexity index is 718. The molecule has 0 aliphatic rings. The fourth-order valence-corrected chi connectivity index (χ4v) is 3.10. The summed E-state index contributed by atoms with van der Waals surface area (Å²) in [5, 5.41) is 4.07. The summed E-state index contributed by atoms with van der Waals surface area (Å²) in [5.41, 5.74) is 7.14. The van der Waals surface area contributed by atoms with Crippen molar-refractivity contribution >= 4 is 27.0 Å². The summed E-state index contributed by atoms with van der Waals surface area (Å²) in [5.74, 6) is 0.000534. The highest BCUT2D eigenvalue weighted by molar-refractivity contribution is 7.91. The van der Waals surface area contributed by atoms with Crippen LogP contribution >= 0.6 is 12.2 Å². The molecule has 0 saturated heterocycles. The van der Waals surface area contributed by atoms with Gasteiger partial charge in [-0.15, -0.1) is 0 Å². The van der Waals surface area contributed by atoms with E-state index in [1.807, 2.05) is 13.1 Å². The van der Waals surface area contributed by atoms with Crippen LogP contribution < -0.4 is 5.73 Å². The van der Waals surface area contributed by atoms with E-state index in [4.69, 9.17) is 18.0 Å². The van der Waals surface area contributed by atoms with E-state index in [9.17, 15) is 8.42 Å². The minimum Gasteiger partial charge on any atom is -0.389 e. The molecule has 0 saturated carbocycles. The van der Waals surface area contributed by atoms with Crippen LogP contribution in [0.2, 0.25) is 0 Å². The third-order valence-electron chi connectivity index (χ3n) is 2.85. The summed E-state index contributed by atoms with van der Waals surface area (Å²) < 4.78 is 26.0. The minimum atomic E-state index is -3.34. The smallest absolute Gasteiger partial charge is 0.180 e. The number of hydrogen-bond acceptors (Lipinski definition) is 4. The van der Waals surface area contributed by atoms with Crippen LogP contribution in [0.3, 0.4) is 0 Å². The Morgan fingerprint density at radius 2 is 2.00 bits per heavy atom. The number of nitrogens with two attached hydrogens (primary N) is 1. The first kappa shape index (κ1) is 14.7. The highest BCUT2D eigenvalue weighted by atomic mass is 32.2. The van der Waals surface area contributed by atoms with Crippen molar-refractivity contribution in [2.24, 2.45) is 5.73 Å². The van der Waals surface area contributed by atoms with Gasteiger partial charge in [-0.2, -0.15) is 5.10 Å². The molecule has 0 radical (unpaired) electrons. The zero-order chi connectivity index (χ0) is 14.8. The molecule has 0 aliphatic heterocycles. The van der Waals surface area contributed by atoms with Crippen LogP contribution in [0.5, 0.6) is 0 Å². The number of rotatable bonds is 5. The topological polar surface area (TPSA) is 78.0 Å². The second-order valence-electron chi connectivity index (χ2n) is 4.49. The van der Waals surface area contributed by atoms with E-state index < -0.39 is 9.84 Å². The lowest BCUT2D eigenvalue weighted by Crippen LogP contribution is -2.14. The third kappa shape index (κ3) is 3.43. The van der Waals surface area contributed by atoms with E-state index in [0.29, 0.717) is 12.1 Å². The Kier molecular flexibility index (Phi) is 4.20.